The van der Waals surface area contributed by atoms with Gasteiger partial charge in [-0.15, -0.1) is 23.1 Å². The summed E-state index contributed by atoms with van der Waals surface area (Å²) in [5.74, 6) is -0.0983. The molecule has 7 nitrogen and oxygen atoms in total. The van der Waals surface area contributed by atoms with Gasteiger partial charge in [0.25, 0.3) is 5.91 Å². The van der Waals surface area contributed by atoms with Crippen LogP contribution in [0.5, 0.6) is 5.75 Å². The standard InChI is InChI=1S/C25H20N4O3S2/c30-19-9-11-28-23(24(19)31)25(32)27(13-21-26-10-12-33-21)15-29(28)22-17-6-2-1-5-16(17)14-34-20-8-4-3-7-18(20)22/h1-12,22,31H,13-15H2. The Balaban J connectivity index is 1.57. The summed E-state index contributed by atoms with van der Waals surface area (Å²) in [7, 11) is 0. The van der Waals surface area contributed by atoms with Crippen molar-refractivity contribution in [2.75, 3.05) is 11.7 Å². The number of thioether (sulfide) groups is 1. The van der Waals surface area contributed by atoms with Gasteiger partial charge in [-0.25, -0.2) is 4.98 Å². The number of amides is 1. The first-order valence-corrected chi connectivity index (χ1v) is 12.7. The van der Waals surface area contributed by atoms with Crippen LogP contribution in [-0.2, 0) is 12.3 Å². The summed E-state index contributed by atoms with van der Waals surface area (Å²) in [6.07, 6.45) is 3.29. The summed E-state index contributed by atoms with van der Waals surface area (Å²) in [6.45, 7) is 0.562. The number of pyridine rings is 1. The van der Waals surface area contributed by atoms with Crippen LogP contribution < -0.4 is 10.4 Å². The number of hydrogen-bond acceptors (Lipinski definition) is 7. The lowest BCUT2D eigenvalue weighted by Crippen LogP contribution is -2.55. The topological polar surface area (TPSA) is 78.7 Å². The Morgan fingerprint density at radius 2 is 1.82 bits per heavy atom. The molecule has 6 rings (SSSR count). The highest BCUT2D eigenvalue weighted by Gasteiger charge is 2.38. The Morgan fingerprint density at radius 1 is 1.03 bits per heavy atom. The molecule has 2 aromatic heterocycles. The Hall–Kier alpha value is -3.56. The Kier molecular flexibility index (Phi) is 5.15. The molecular formula is C25H20N4O3S2. The summed E-state index contributed by atoms with van der Waals surface area (Å²) in [5, 5.41) is 15.4. The van der Waals surface area contributed by atoms with Crippen molar-refractivity contribution in [2.45, 2.75) is 23.2 Å². The zero-order chi connectivity index (χ0) is 23.2. The van der Waals surface area contributed by atoms with Gasteiger partial charge >= 0.3 is 0 Å². The van der Waals surface area contributed by atoms with E-state index in [0.717, 1.165) is 21.9 Å². The number of carbonyl (C=O) groups excluding carboxylic acids is 1. The molecular weight excluding hydrogens is 468 g/mol. The molecule has 1 N–H and O–H groups in total. The maximum atomic E-state index is 13.5. The second-order valence-electron chi connectivity index (χ2n) is 8.16. The summed E-state index contributed by atoms with van der Waals surface area (Å²) >= 11 is 3.25. The molecule has 1 unspecified atom stereocenters. The molecule has 0 spiro atoms. The molecule has 1 amide bonds. The van der Waals surface area contributed by atoms with Gasteiger partial charge in [-0.05, 0) is 22.8 Å². The van der Waals surface area contributed by atoms with E-state index in [9.17, 15) is 14.7 Å². The van der Waals surface area contributed by atoms with Crippen molar-refractivity contribution in [3.05, 3.63) is 110 Å². The summed E-state index contributed by atoms with van der Waals surface area (Å²) in [5.41, 5.74) is 2.86. The largest absolute Gasteiger partial charge is 0.502 e. The number of aromatic hydroxyl groups is 1. The fraction of sp³-hybridized carbons (Fsp3) is 0.160. The normalized spacial score (nSPS) is 17.1. The second-order valence-corrected chi connectivity index (χ2v) is 10.2. The van der Waals surface area contributed by atoms with Gasteiger partial charge in [0.2, 0.25) is 5.43 Å². The maximum absolute atomic E-state index is 13.5. The number of hydrogen-bond donors (Lipinski definition) is 1. The average molecular weight is 489 g/mol. The monoisotopic (exact) mass is 488 g/mol. The van der Waals surface area contributed by atoms with E-state index in [4.69, 9.17) is 0 Å². The molecule has 1 atom stereocenters. The fourth-order valence-corrected chi connectivity index (χ4v) is 6.35. The third-order valence-corrected chi connectivity index (χ3v) is 8.09. The molecule has 2 aliphatic heterocycles. The number of aromatic nitrogens is 2. The fourth-order valence-electron chi connectivity index (χ4n) is 4.62. The minimum atomic E-state index is -0.576. The summed E-state index contributed by atoms with van der Waals surface area (Å²) in [6, 6.07) is 17.7. The van der Waals surface area contributed by atoms with Crippen molar-refractivity contribution in [2.24, 2.45) is 0 Å². The molecule has 34 heavy (non-hydrogen) atoms. The van der Waals surface area contributed by atoms with E-state index in [-0.39, 0.29) is 18.4 Å². The molecule has 0 bridgehead atoms. The lowest BCUT2D eigenvalue weighted by Gasteiger charge is -2.44. The minimum Gasteiger partial charge on any atom is -0.502 e. The zero-order valence-electron chi connectivity index (χ0n) is 18.0. The van der Waals surface area contributed by atoms with E-state index in [1.54, 1.807) is 33.7 Å². The molecule has 4 heterocycles. The number of carbonyl (C=O) groups is 1. The van der Waals surface area contributed by atoms with E-state index in [0.29, 0.717) is 6.54 Å². The zero-order valence-corrected chi connectivity index (χ0v) is 19.6. The quantitative estimate of drug-likeness (QED) is 0.470. The van der Waals surface area contributed by atoms with Gasteiger partial charge in [-0.3, -0.25) is 19.3 Å². The van der Waals surface area contributed by atoms with Crippen molar-refractivity contribution in [1.29, 1.82) is 0 Å². The number of rotatable bonds is 3. The first-order chi connectivity index (χ1) is 16.6. The van der Waals surface area contributed by atoms with Gasteiger partial charge in [0.15, 0.2) is 11.4 Å². The number of nitrogens with zero attached hydrogens (tertiary/aromatic N) is 4. The van der Waals surface area contributed by atoms with Crippen molar-refractivity contribution in [1.82, 2.24) is 14.6 Å². The van der Waals surface area contributed by atoms with E-state index in [1.807, 2.05) is 34.7 Å². The highest BCUT2D eigenvalue weighted by Crippen LogP contribution is 2.42. The van der Waals surface area contributed by atoms with Gasteiger partial charge in [0, 0.05) is 34.5 Å². The van der Waals surface area contributed by atoms with Crippen LogP contribution in [0.25, 0.3) is 0 Å². The van der Waals surface area contributed by atoms with Crippen LogP contribution in [0, 0.1) is 0 Å². The van der Waals surface area contributed by atoms with Gasteiger partial charge < -0.3 is 10.0 Å². The lowest BCUT2D eigenvalue weighted by molar-refractivity contribution is 0.0664. The van der Waals surface area contributed by atoms with Crippen molar-refractivity contribution in [3.8, 4) is 5.75 Å². The van der Waals surface area contributed by atoms with E-state index >= 15 is 0 Å². The van der Waals surface area contributed by atoms with Crippen LogP contribution in [0.2, 0.25) is 0 Å². The maximum Gasteiger partial charge on any atom is 0.278 e. The number of benzene rings is 2. The summed E-state index contributed by atoms with van der Waals surface area (Å²) in [4.78, 5) is 32.9. The van der Waals surface area contributed by atoms with Crippen LogP contribution in [0.1, 0.15) is 38.2 Å². The molecule has 0 saturated heterocycles. The Bertz CT molecular complexity index is 1400. The predicted molar refractivity (Wildman–Crippen MR) is 132 cm³/mol. The van der Waals surface area contributed by atoms with Crippen LogP contribution in [-0.4, -0.2) is 32.2 Å². The molecule has 9 heteroatoms. The van der Waals surface area contributed by atoms with Crippen LogP contribution in [0.15, 0.2) is 82.1 Å². The Morgan fingerprint density at radius 3 is 2.65 bits per heavy atom. The molecule has 2 aliphatic rings. The second kappa shape index (κ2) is 8.34. The van der Waals surface area contributed by atoms with Gasteiger partial charge in [-0.1, -0.05) is 42.5 Å². The average Bonchev–Trinajstić information content (AvgIpc) is 3.31. The van der Waals surface area contributed by atoms with E-state index in [1.165, 1.54) is 27.9 Å². The SMILES string of the molecule is O=C1c2c(O)c(=O)ccn2N(C2c3ccccc3CSc3ccccc32)CN1Cc1nccs1. The molecule has 170 valence electrons. The number of thiazole rings is 1. The third kappa shape index (κ3) is 3.39. The molecule has 0 saturated carbocycles. The first kappa shape index (κ1) is 21.0. The van der Waals surface area contributed by atoms with Crippen LogP contribution in [0.3, 0.4) is 0 Å². The van der Waals surface area contributed by atoms with E-state index < -0.39 is 17.1 Å². The smallest absolute Gasteiger partial charge is 0.278 e. The molecule has 0 radical (unpaired) electrons. The molecule has 0 aliphatic carbocycles. The highest BCUT2D eigenvalue weighted by molar-refractivity contribution is 7.98. The number of fused-ring (bicyclic) bond motifs is 3. The van der Waals surface area contributed by atoms with Crippen molar-refractivity contribution >= 4 is 29.0 Å². The van der Waals surface area contributed by atoms with Crippen LogP contribution >= 0.6 is 23.1 Å². The van der Waals surface area contributed by atoms with Crippen molar-refractivity contribution < 1.29 is 9.90 Å². The highest BCUT2D eigenvalue weighted by atomic mass is 32.2. The van der Waals surface area contributed by atoms with Gasteiger partial charge in [0.05, 0.1) is 12.6 Å². The van der Waals surface area contributed by atoms with Crippen molar-refractivity contribution in [3.63, 3.8) is 0 Å². The minimum absolute atomic E-state index is 0.0258. The predicted octanol–water partition coefficient (Wildman–Crippen LogP) is 3.96. The Labute approximate surface area is 203 Å². The molecule has 0 fully saturated rings. The third-order valence-electron chi connectivity index (χ3n) is 6.19. The summed E-state index contributed by atoms with van der Waals surface area (Å²) < 4.78 is 1.64. The van der Waals surface area contributed by atoms with Crippen LogP contribution in [0.4, 0.5) is 0 Å². The van der Waals surface area contributed by atoms with Gasteiger partial charge in [0.1, 0.15) is 11.7 Å². The van der Waals surface area contributed by atoms with Gasteiger partial charge in [-0.2, -0.15) is 0 Å². The van der Waals surface area contributed by atoms with E-state index in [2.05, 4.69) is 29.2 Å². The lowest BCUT2D eigenvalue weighted by atomic mass is 9.94. The molecule has 4 aromatic rings. The molecule has 2 aromatic carbocycles. The first-order valence-electron chi connectivity index (χ1n) is 10.8.